The summed E-state index contributed by atoms with van der Waals surface area (Å²) in [7, 11) is 0. The summed E-state index contributed by atoms with van der Waals surface area (Å²) in [6.07, 6.45) is 3.85. The third kappa shape index (κ3) is 4.54. The molecule has 1 fully saturated rings. The quantitative estimate of drug-likeness (QED) is 0.842. The van der Waals surface area contributed by atoms with E-state index in [4.69, 9.17) is 10.00 Å². The number of nitrogens with zero attached hydrogens (tertiary/aromatic N) is 2. The van der Waals surface area contributed by atoms with Crippen LogP contribution < -0.4 is 4.74 Å². The molecule has 0 bridgehead atoms. The molecule has 0 radical (unpaired) electrons. The average molecular weight is 272 g/mol. The Balaban J connectivity index is 1.77. The van der Waals surface area contributed by atoms with E-state index in [2.05, 4.69) is 24.8 Å². The maximum Gasteiger partial charge on any atom is 0.120 e. The SMILES string of the molecule is CC1(C)CCCN(CCOc2cccc(C#N)c2)CC1. The van der Waals surface area contributed by atoms with Crippen molar-refractivity contribution in [2.45, 2.75) is 33.1 Å². The highest BCUT2D eigenvalue weighted by Crippen LogP contribution is 2.29. The highest BCUT2D eigenvalue weighted by molar-refractivity contribution is 5.36. The third-order valence-corrected chi connectivity index (χ3v) is 4.07. The van der Waals surface area contributed by atoms with Crippen molar-refractivity contribution >= 4 is 0 Å². The van der Waals surface area contributed by atoms with Gasteiger partial charge in [-0.05, 0) is 56.0 Å². The van der Waals surface area contributed by atoms with Crippen molar-refractivity contribution in [3.63, 3.8) is 0 Å². The van der Waals surface area contributed by atoms with Crippen molar-refractivity contribution < 1.29 is 4.74 Å². The van der Waals surface area contributed by atoms with Crippen LogP contribution in [0.2, 0.25) is 0 Å². The molecule has 1 aliphatic heterocycles. The van der Waals surface area contributed by atoms with Gasteiger partial charge in [0.15, 0.2) is 0 Å². The Kier molecular flexibility index (Phi) is 5.03. The van der Waals surface area contributed by atoms with Crippen LogP contribution >= 0.6 is 0 Å². The molecule has 0 N–H and O–H groups in total. The van der Waals surface area contributed by atoms with E-state index < -0.39 is 0 Å². The number of benzene rings is 1. The Morgan fingerprint density at radius 3 is 2.95 bits per heavy atom. The van der Waals surface area contributed by atoms with E-state index in [0.29, 0.717) is 17.6 Å². The van der Waals surface area contributed by atoms with Gasteiger partial charge in [0.25, 0.3) is 0 Å². The standard InChI is InChI=1S/C17H24N2O/c1-17(2)7-4-9-19(10-8-17)11-12-20-16-6-3-5-15(13-16)14-18/h3,5-6,13H,4,7-12H2,1-2H3. The van der Waals surface area contributed by atoms with Gasteiger partial charge >= 0.3 is 0 Å². The predicted molar refractivity (Wildman–Crippen MR) is 80.7 cm³/mol. The first-order valence-corrected chi connectivity index (χ1v) is 7.44. The lowest BCUT2D eigenvalue weighted by molar-refractivity contribution is 0.207. The van der Waals surface area contributed by atoms with E-state index in [1.165, 1.54) is 25.8 Å². The summed E-state index contributed by atoms with van der Waals surface area (Å²) in [5, 5.41) is 8.86. The largest absolute Gasteiger partial charge is 0.492 e. The molecule has 108 valence electrons. The monoisotopic (exact) mass is 272 g/mol. The van der Waals surface area contributed by atoms with E-state index in [9.17, 15) is 0 Å². The molecule has 1 saturated heterocycles. The second kappa shape index (κ2) is 6.76. The van der Waals surface area contributed by atoms with Gasteiger partial charge in [-0.1, -0.05) is 19.9 Å². The second-order valence-corrected chi connectivity index (χ2v) is 6.35. The lowest BCUT2D eigenvalue weighted by Crippen LogP contribution is -2.30. The normalized spacial score (nSPS) is 19.1. The number of rotatable bonds is 4. The van der Waals surface area contributed by atoms with Crippen LogP contribution in [0.15, 0.2) is 24.3 Å². The zero-order valence-electron chi connectivity index (χ0n) is 12.6. The van der Waals surface area contributed by atoms with Crippen LogP contribution in [0.5, 0.6) is 5.75 Å². The summed E-state index contributed by atoms with van der Waals surface area (Å²) < 4.78 is 5.75. The van der Waals surface area contributed by atoms with Gasteiger partial charge in [0.1, 0.15) is 12.4 Å². The minimum absolute atomic E-state index is 0.483. The zero-order chi connectivity index (χ0) is 14.4. The van der Waals surface area contributed by atoms with E-state index in [-0.39, 0.29) is 0 Å². The molecule has 1 heterocycles. The Morgan fingerprint density at radius 1 is 1.30 bits per heavy atom. The highest BCUT2D eigenvalue weighted by atomic mass is 16.5. The van der Waals surface area contributed by atoms with E-state index >= 15 is 0 Å². The molecule has 1 aromatic carbocycles. The van der Waals surface area contributed by atoms with Crippen molar-refractivity contribution in [3.8, 4) is 11.8 Å². The topological polar surface area (TPSA) is 36.3 Å². The van der Waals surface area contributed by atoms with Crippen LogP contribution in [-0.2, 0) is 0 Å². The average Bonchev–Trinajstić information content (AvgIpc) is 2.60. The van der Waals surface area contributed by atoms with Crippen LogP contribution in [-0.4, -0.2) is 31.1 Å². The Morgan fingerprint density at radius 2 is 2.15 bits per heavy atom. The number of likely N-dealkylation sites (tertiary alicyclic amines) is 1. The fourth-order valence-corrected chi connectivity index (χ4v) is 2.65. The fraction of sp³-hybridized carbons (Fsp3) is 0.588. The van der Waals surface area contributed by atoms with Crippen LogP contribution in [0.4, 0.5) is 0 Å². The summed E-state index contributed by atoms with van der Waals surface area (Å²) >= 11 is 0. The van der Waals surface area contributed by atoms with Gasteiger partial charge < -0.3 is 4.74 Å². The molecule has 0 aliphatic carbocycles. The molecule has 0 unspecified atom stereocenters. The molecule has 1 aromatic rings. The summed E-state index contributed by atoms with van der Waals surface area (Å²) in [6.45, 7) is 8.71. The molecule has 3 nitrogen and oxygen atoms in total. The maximum absolute atomic E-state index is 8.86. The van der Waals surface area contributed by atoms with Crippen LogP contribution in [0.3, 0.4) is 0 Å². The summed E-state index contributed by atoms with van der Waals surface area (Å²) in [6, 6.07) is 9.50. The molecule has 0 aromatic heterocycles. The smallest absolute Gasteiger partial charge is 0.120 e. The van der Waals surface area contributed by atoms with Crippen LogP contribution in [0.25, 0.3) is 0 Å². The summed E-state index contributed by atoms with van der Waals surface area (Å²) in [5.41, 5.74) is 1.13. The lowest BCUT2D eigenvalue weighted by Gasteiger charge is -2.23. The number of nitriles is 1. The van der Waals surface area contributed by atoms with E-state index in [0.717, 1.165) is 18.8 Å². The molecule has 0 spiro atoms. The third-order valence-electron chi connectivity index (χ3n) is 4.07. The van der Waals surface area contributed by atoms with Gasteiger partial charge in [0, 0.05) is 6.54 Å². The van der Waals surface area contributed by atoms with E-state index in [1.807, 2.05) is 12.1 Å². The highest BCUT2D eigenvalue weighted by Gasteiger charge is 2.22. The maximum atomic E-state index is 8.86. The molecule has 20 heavy (non-hydrogen) atoms. The van der Waals surface area contributed by atoms with Gasteiger partial charge in [-0.3, -0.25) is 4.90 Å². The Bertz CT molecular complexity index is 476. The predicted octanol–water partition coefficient (Wildman–Crippen LogP) is 3.45. The summed E-state index contributed by atoms with van der Waals surface area (Å²) in [5.74, 6) is 0.791. The number of hydrogen-bond donors (Lipinski definition) is 0. The second-order valence-electron chi connectivity index (χ2n) is 6.35. The van der Waals surface area contributed by atoms with Crippen molar-refractivity contribution in [1.82, 2.24) is 4.90 Å². The molecule has 1 aliphatic rings. The fourth-order valence-electron chi connectivity index (χ4n) is 2.65. The zero-order valence-corrected chi connectivity index (χ0v) is 12.6. The van der Waals surface area contributed by atoms with Gasteiger partial charge in [-0.15, -0.1) is 0 Å². The molecular weight excluding hydrogens is 248 g/mol. The Hall–Kier alpha value is -1.53. The van der Waals surface area contributed by atoms with Crippen LogP contribution in [0, 0.1) is 16.7 Å². The van der Waals surface area contributed by atoms with Crippen LogP contribution in [0.1, 0.15) is 38.7 Å². The van der Waals surface area contributed by atoms with Crippen molar-refractivity contribution in [2.24, 2.45) is 5.41 Å². The minimum atomic E-state index is 0.483. The first kappa shape index (κ1) is 14.9. The molecule has 0 atom stereocenters. The van der Waals surface area contributed by atoms with Gasteiger partial charge in [0.2, 0.25) is 0 Å². The number of hydrogen-bond acceptors (Lipinski definition) is 3. The number of ether oxygens (including phenoxy) is 1. The molecular formula is C17H24N2O. The van der Waals surface area contributed by atoms with Crippen molar-refractivity contribution in [3.05, 3.63) is 29.8 Å². The van der Waals surface area contributed by atoms with Crippen molar-refractivity contribution in [1.29, 1.82) is 5.26 Å². The lowest BCUT2D eigenvalue weighted by atomic mass is 9.85. The molecule has 3 heteroatoms. The minimum Gasteiger partial charge on any atom is -0.492 e. The van der Waals surface area contributed by atoms with Crippen molar-refractivity contribution in [2.75, 3.05) is 26.2 Å². The van der Waals surface area contributed by atoms with Gasteiger partial charge in [-0.25, -0.2) is 0 Å². The first-order valence-electron chi connectivity index (χ1n) is 7.44. The summed E-state index contributed by atoms with van der Waals surface area (Å²) in [4.78, 5) is 2.49. The molecule has 0 saturated carbocycles. The molecule has 0 amide bonds. The van der Waals surface area contributed by atoms with E-state index in [1.54, 1.807) is 12.1 Å². The van der Waals surface area contributed by atoms with Gasteiger partial charge in [-0.2, -0.15) is 5.26 Å². The Labute approximate surface area is 122 Å². The molecule has 2 rings (SSSR count). The first-order chi connectivity index (χ1) is 9.59. The van der Waals surface area contributed by atoms with Gasteiger partial charge in [0.05, 0.1) is 11.6 Å².